The third kappa shape index (κ3) is 3.73. The van der Waals surface area contributed by atoms with Crippen molar-refractivity contribution in [3.05, 3.63) is 48.7 Å². The van der Waals surface area contributed by atoms with Crippen molar-refractivity contribution < 1.29 is 0 Å². The molecule has 0 amide bonds. The van der Waals surface area contributed by atoms with Gasteiger partial charge in [-0.2, -0.15) is 0 Å². The van der Waals surface area contributed by atoms with Gasteiger partial charge in [0, 0.05) is 19.3 Å². The Morgan fingerprint density at radius 3 is 2.90 bits per heavy atom. The van der Waals surface area contributed by atoms with E-state index in [-0.39, 0.29) is 0 Å². The van der Waals surface area contributed by atoms with Crippen LogP contribution in [0.5, 0.6) is 0 Å². The molecule has 20 heavy (non-hydrogen) atoms. The number of rotatable bonds is 8. The molecule has 0 spiro atoms. The van der Waals surface area contributed by atoms with Crippen LogP contribution in [0.4, 0.5) is 0 Å². The van der Waals surface area contributed by atoms with Crippen LogP contribution in [0.2, 0.25) is 0 Å². The smallest absolute Gasteiger partial charge is 0.0525 e. The summed E-state index contributed by atoms with van der Waals surface area (Å²) < 4.78 is 2.38. The summed E-state index contributed by atoms with van der Waals surface area (Å²) in [5.74, 6) is 0.689. The first-order chi connectivity index (χ1) is 9.72. The second kappa shape index (κ2) is 7.30. The van der Waals surface area contributed by atoms with Crippen LogP contribution in [0.25, 0.3) is 10.9 Å². The lowest BCUT2D eigenvalue weighted by Crippen LogP contribution is -2.19. The van der Waals surface area contributed by atoms with Crippen molar-refractivity contribution in [3.63, 3.8) is 0 Å². The summed E-state index contributed by atoms with van der Waals surface area (Å²) in [4.78, 5) is 0. The molecule has 1 aromatic carbocycles. The zero-order valence-electron chi connectivity index (χ0n) is 12.7. The molecule has 2 heteroatoms. The summed E-state index contributed by atoms with van der Waals surface area (Å²) >= 11 is 0. The van der Waals surface area contributed by atoms with E-state index in [1.54, 1.807) is 0 Å². The van der Waals surface area contributed by atoms with Crippen molar-refractivity contribution in [1.29, 1.82) is 0 Å². The predicted octanol–water partition coefficient (Wildman–Crippen LogP) is 4.35. The average molecular weight is 270 g/mol. The summed E-state index contributed by atoms with van der Waals surface area (Å²) in [5, 5.41) is 4.89. The van der Waals surface area contributed by atoms with Gasteiger partial charge in [0.15, 0.2) is 0 Å². The topological polar surface area (TPSA) is 17.0 Å². The van der Waals surface area contributed by atoms with Gasteiger partial charge in [0.1, 0.15) is 0 Å². The highest BCUT2D eigenvalue weighted by Crippen LogP contribution is 2.21. The highest BCUT2D eigenvalue weighted by molar-refractivity contribution is 5.83. The largest absolute Gasteiger partial charge is 0.347 e. The molecule has 0 aliphatic carbocycles. The van der Waals surface area contributed by atoms with Gasteiger partial charge < -0.3 is 9.88 Å². The standard InChI is InChI=1S/C18H26N2/c1-4-5-6-11-20-12-10-16-8-7-9-17(18(16)20)14-19-13-15(2)3/h4,7-10,12,15,19H,1,5-6,11,13-14H2,2-3H3. The van der Waals surface area contributed by atoms with Gasteiger partial charge in [-0.1, -0.05) is 38.1 Å². The molecule has 0 fully saturated rings. The molecule has 2 aromatic rings. The van der Waals surface area contributed by atoms with Gasteiger partial charge in [-0.3, -0.25) is 0 Å². The number of nitrogens with zero attached hydrogens (tertiary/aromatic N) is 1. The molecule has 2 nitrogen and oxygen atoms in total. The van der Waals surface area contributed by atoms with E-state index >= 15 is 0 Å². The second-order valence-electron chi connectivity index (χ2n) is 5.82. The number of hydrogen-bond acceptors (Lipinski definition) is 1. The van der Waals surface area contributed by atoms with Crippen molar-refractivity contribution in [2.24, 2.45) is 5.92 Å². The number of hydrogen-bond donors (Lipinski definition) is 1. The number of benzene rings is 1. The van der Waals surface area contributed by atoms with Crippen LogP contribution in [-0.2, 0) is 13.1 Å². The van der Waals surface area contributed by atoms with Gasteiger partial charge in [-0.05, 0) is 42.3 Å². The number of aromatic nitrogens is 1. The average Bonchev–Trinajstić information content (AvgIpc) is 2.83. The third-order valence-corrected chi connectivity index (χ3v) is 3.55. The number of nitrogens with one attached hydrogen (secondary N) is 1. The summed E-state index contributed by atoms with van der Waals surface area (Å²) in [6, 6.07) is 8.81. The molecule has 0 aliphatic heterocycles. The number of fused-ring (bicyclic) bond motifs is 1. The molecule has 0 bridgehead atoms. The molecule has 0 aliphatic rings. The zero-order valence-corrected chi connectivity index (χ0v) is 12.7. The highest BCUT2D eigenvalue weighted by Gasteiger charge is 2.06. The summed E-state index contributed by atoms with van der Waals surface area (Å²) in [5.41, 5.74) is 2.78. The molecular weight excluding hydrogens is 244 g/mol. The first-order valence-corrected chi connectivity index (χ1v) is 7.60. The molecule has 2 rings (SSSR count). The lowest BCUT2D eigenvalue weighted by atomic mass is 10.1. The minimum atomic E-state index is 0.689. The summed E-state index contributed by atoms with van der Waals surface area (Å²) in [6.45, 7) is 11.4. The maximum Gasteiger partial charge on any atom is 0.0525 e. The van der Waals surface area contributed by atoms with Gasteiger partial charge in [-0.25, -0.2) is 0 Å². The van der Waals surface area contributed by atoms with Crippen molar-refractivity contribution >= 4 is 10.9 Å². The molecular formula is C18H26N2. The van der Waals surface area contributed by atoms with E-state index in [0.29, 0.717) is 5.92 Å². The molecule has 0 saturated carbocycles. The van der Waals surface area contributed by atoms with Crippen LogP contribution in [0, 0.1) is 5.92 Å². The predicted molar refractivity (Wildman–Crippen MR) is 87.9 cm³/mol. The lowest BCUT2D eigenvalue weighted by molar-refractivity contribution is 0.552. The Balaban J connectivity index is 2.15. The van der Waals surface area contributed by atoms with Crippen LogP contribution >= 0.6 is 0 Å². The van der Waals surface area contributed by atoms with Crippen molar-refractivity contribution in [2.75, 3.05) is 6.54 Å². The van der Waals surface area contributed by atoms with Gasteiger partial charge >= 0.3 is 0 Å². The van der Waals surface area contributed by atoms with Crippen molar-refractivity contribution in [3.8, 4) is 0 Å². The Labute approximate surface area is 122 Å². The van der Waals surface area contributed by atoms with Gasteiger partial charge in [0.05, 0.1) is 5.52 Å². The molecule has 0 radical (unpaired) electrons. The fraction of sp³-hybridized carbons (Fsp3) is 0.444. The maximum absolute atomic E-state index is 3.80. The maximum atomic E-state index is 3.80. The fourth-order valence-corrected chi connectivity index (χ4v) is 2.57. The second-order valence-corrected chi connectivity index (χ2v) is 5.82. The normalized spacial score (nSPS) is 11.3. The zero-order chi connectivity index (χ0) is 14.4. The van der Waals surface area contributed by atoms with Crippen LogP contribution in [0.1, 0.15) is 32.3 Å². The number of aryl methyl sites for hydroxylation is 1. The Hall–Kier alpha value is -1.54. The van der Waals surface area contributed by atoms with Crippen LogP contribution in [0.3, 0.4) is 0 Å². The van der Waals surface area contributed by atoms with Gasteiger partial charge in [0.2, 0.25) is 0 Å². The van der Waals surface area contributed by atoms with Crippen LogP contribution < -0.4 is 5.32 Å². The molecule has 1 aromatic heterocycles. The van der Waals surface area contributed by atoms with Gasteiger partial charge in [0.25, 0.3) is 0 Å². The third-order valence-electron chi connectivity index (χ3n) is 3.55. The molecule has 0 unspecified atom stereocenters. The van der Waals surface area contributed by atoms with E-state index < -0.39 is 0 Å². The van der Waals surface area contributed by atoms with Crippen molar-refractivity contribution in [1.82, 2.24) is 9.88 Å². The Bertz CT molecular complexity index is 552. The van der Waals surface area contributed by atoms with Gasteiger partial charge in [-0.15, -0.1) is 6.58 Å². The molecule has 0 atom stereocenters. The van der Waals surface area contributed by atoms with E-state index in [1.807, 2.05) is 6.08 Å². The van der Waals surface area contributed by atoms with E-state index in [1.165, 1.54) is 16.5 Å². The number of para-hydroxylation sites is 1. The monoisotopic (exact) mass is 270 g/mol. The molecule has 1 heterocycles. The summed E-state index contributed by atoms with van der Waals surface area (Å²) in [6.07, 6.45) is 6.44. The Morgan fingerprint density at radius 1 is 1.30 bits per heavy atom. The lowest BCUT2D eigenvalue weighted by Gasteiger charge is -2.11. The Morgan fingerprint density at radius 2 is 2.15 bits per heavy atom. The minimum absolute atomic E-state index is 0.689. The minimum Gasteiger partial charge on any atom is -0.347 e. The fourth-order valence-electron chi connectivity index (χ4n) is 2.57. The molecule has 1 N–H and O–H groups in total. The molecule has 0 saturated heterocycles. The first-order valence-electron chi connectivity index (χ1n) is 7.60. The highest BCUT2D eigenvalue weighted by atomic mass is 15.0. The van der Waals surface area contributed by atoms with E-state index in [0.717, 1.165) is 32.5 Å². The number of allylic oxidation sites excluding steroid dienone is 1. The quantitative estimate of drug-likeness (QED) is 0.557. The summed E-state index contributed by atoms with van der Waals surface area (Å²) in [7, 11) is 0. The van der Waals surface area contributed by atoms with E-state index in [2.05, 4.69) is 60.8 Å². The van der Waals surface area contributed by atoms with Crippen LogP contribution in [-0.4, -0.2) is 11.1 Å². The number of unbranched alkanes of at least 4 members (excludes halogenated alkanes) is 1. The first kappa shape index (κ1) is 14.9. The van der Waals surface area contributed by atoms with E-state index in [4.69, 9.17) is 0 Å². The van der Waals surface area contributed by atoms with Crippen LogP contribution in [0.15, 0.2) is 43.1 Å². The Kier molecular flexibility index (Phi) is 5.42. The van der Waals surface area contributed by atoms with E-state index in [9.17, 15) is 0 Å². The van der Waals surface area contributed by atoms with Crippen molar-refractivity contribution in [2.45, 2.75) is 39.8 Å². The SMILES string of the molecule is C=CCCCn1ccc2cccc(CNCC(C)C)c21. The molecule has 108 valence electrons.